The first-order valence-corrected chi connectivity index (χ1v) is 5.09. The molecule has 4 nitrogen and oxygen atoms in total. The second-order valence-corrected chi connectivity index (χ2v) is 3.72. The van der Waals surface area contributed by atoms with Crippen LogP contribution in [0.4, 0.5) is 5.82 Å². The van der Waals surface area contributed by atoms with Crippen molar-refractivity contribution in [3.8, 4) is 0 Å². The summed E-state index contributed by atoms with van der Waals surface area (Å²) in [6, 6.07) is 4.03. The van der Waals surface area contributed by atoms with Gasteiger partial charge >= 0.3 is 0 Å². The van der Waals surface area contributed by atoms with E-state index in [-0.39, 0.29) is 0 Å². The van der Waals surface area contributed by atoms with Crippen LogP contribution < -0.4 is 10.6 Å². The Morgan fingerprint density at radius 1 is 1.50 bits per heavy atom. The third-order valence-corrected chi connectivity index (χ3v) is 2.64. The molecule has 2 rings (SSSR count). The molecule has 2 N–H and O–H groups in total. The summed E-state index contributed by atoms with van der Waals surface area (Å²) in [5.74, 6) is 1.57. The number of aromatic nitrogens is 2. The molecular weight excluding hydrogens is 176 g/mol. The van der Waals surface area contributed by atoms with E-state index in [1.807, 2.05) is 13.1 Å². The Kier molecular flexibility index (Phi) is 2.93. The highest BCUT2D eigenvalue weighted by Gasteiger charge is 2.15. The van der Waals surface area contributed by atoms with Crippen molar-refractivity contribution in [3.63, 3.8) is 0 Å². The van der Waals surface area contributed by atoms with Gasteiger partial charge in [-0.05, 0) is 44.0 Å². The molecule has 1 aromatic rings. The lowest BCUT2D eigenvalue weighted by Crippen LogP contribution is -2.11. The fourth-order valence-electron chi connectivity index (χ4n) is 1.79. The summed E-state index contributed by atoms with van der Waals surface area (Å²) in [6.45, 7) is 2.27. The van der Waals surface area contributed by atoms with Crippen molar-refractivity contribution in [2.75, 3.05) is 25.5 Å². The monoisotopic (exact) mass is 192 g/mol. The van der Waals surface area contributed by atoms with E-state index in [4.69, 9.17) is 0 Å². The van der Waals surface area contributed by atoms with Crippen molar-refractivity contribution in [1.82, 2.24) is 15.5 Å². The van der Waals surface area contributed by atoms with Crippen molar-refractivity contribution < 1.29 is 0 Å². The maximum Gasteiger partial charge on any atom is 0.148 e. The van der Waals surface area contributed by atoms with Gasteiger partial charge in [0.25, 0.3) is 0 Å². The summed E-state index contributed by atoms with van der Waals surface area (Å²) in [4.78, 5) is 0. The number of nitrogens with one attached hydrogen (secondary N) is 2. The standard InChI is InChI=1S/C10H16N4/c1-11-10-3-2-9(13-14-10)6-8-4-5-12-7-8/h2-3,8,12H,4-7H2,1H3,(H,11,14)/t8-/m0/s1. The van der Waals surface area contributed by atoms with Crippen LogP contribution in [-0.4, -0.2) is 30.3 Å². The molecule has 0 aliphatic carbocycles. The quantitative estimate of drug-likeness (QED) is 0.739. The van der Waals surface area contributed by atoms with E-state index >= 15 is 0 Å². The molecule has 1 aliphatic rings. The van der Waals surface area contributed by atoms with Crippen LogP contribution >= 0.6 is 0 Å². The van der Waals surface area contributed by atoms with Crippen LogP contribution in [0.25, 0.3) is 0 Å². The fourth-order valence-corrected chi connectivity index (χ4v) is 1.79. The van der Waals surface area contributed by atoms with Crippen LogP contribution in [0.1, 0.15) is 12.1 Å². The third kappa shape index (κ3) is 2.20. The lowest BCUT2D eigenvalue weighted by Gasteiger charge is -2.06. The van der Waals surface area contributed by atoms with Crippen LogP contribution in [0.3, 0.4) is 0 Å². The molecule has 0 bridgehead atoms. The first-order chi connectivity index (χ1) is 6.88. The first-order valence-electron chi connectivity index (χ1n) is 5.09. The Hall–Kier alpha value is -1.16. The predicted octanol–water partition coefficient (Wildman–Crippen LogP) is 0.670. The predicted molar refractivity (Wildman–Crippen MR) is 56.3 cm³/mol. The second kappa shape index (κ2) is 4.37. The van der Waals surface area contributed by atoms with E-state index in [0.29, 0.717) is 0 Å². The molecule has 2 heterocycles. The highest BCUT2D eigenvalue weighted by molar-refractivity contribution is 5.31. The third-order valence-electron chi connectivity index (χ3n) is 2.64. The molecule has 0 amide bonds. The number of nitrogens with zero attached hydrogens (tertiary/aromatic N) is 2. The van der Waals surface area contributed by atoms with Crippen LogP contribution in [0, 0.1) is 5.92 Å². The van der Waals surface area contributed by atoms with Crippen LogP contribution in [0.15, 0.2) is 12.1 Å². The lowest BCUT2D eigenvalue weighted by atomic mass is 10.0. The van der Waals surface area contributed by atoms with Gasteiger partial charge in [-0.15, -0.1) is 5.10 Å². The molecule has 1 aliphatic heterocycles. The zero-order valence-corrected chi connectivity index (χ0v) is 8.45. The molecule has 1 fully saturated rings. The average Bonchev–Trinajstić information content (AvgIpc) is 2.72. The normalized spacial score (nSPS) is 21.1. The number of rotatable bonds is 3. The maximum absolute atomic E-state index is 4.17. The van der Waals surface area contributed by atoms with E-state index in [1.54, 1.807) is 0 Å². The van der Waals surface area contributed by atoms with E-state index in [1.165, 1.54) is 6.42 Å². The summed E-state index contributed by atoms with van der Waals surface area (Å²) in [5, 5.41) is 14.5. The number of anilines is 1. The summed E-state index contributed by atoms with van der Waals surface area (Å²) in [5.41, 5.74) is 1.10. The molecule has 4 heteroatoms. The molecular formula is C10H16N4. The minimum absolute atomic E-state index is 0.740. The van der Waals surface area contributed by atoms with Crippen LogP contribution in [-0.2, 0) is 6.42 Å². The summed E-state index contributed by atoms with van der Waals surface area (Å²) >= 11 is 0. The minimum atomic E-state index is 0.740. The van der Waals surface area contributed by atoms with E-state index in [0.717, 1.165) is 36.9 Å². The molecule has 0 radical (unpaired) electrons. The summed E-state index contributed by atoms with van der Waals surface area (Å²) in [7, 11) is 1.85. The summed E-state index contributed by atoms with van der Waals surface area (Å²) in [6.07, 6.45) is 2.31. The van der Waals surface area contributed by atoms with Gasteiger partial charge in [-0.2, -0.15) is 5.10 Å². The Bertz CT molecular complexity index is 277. The molecule has 0 unspecified atom stereocenters. The lowest BCUT2D eigenvalue weighted by molar-refractivity contribution is 0.567. The van der Waals surface area contributed by atoms with Gasteiger partial charge in [0, 0.05) is 7.05 Å². The van der Waals surface area contributed by atoms with E-state index < -0.39 is 0 Å². The van der Waals surface area contributed by atoms with Gasteiger partial charge in [0.15, 0.2) is 0 Å². The smallest absolute Gasteiger partial charge is 0.148 e. The van der Waals surface area contributed by atoms with E-state index in [2.05, 4.69) is 26.9 Å². The minimum Gasteiger partial charge on any atom is -0.372 e. The Morgan fingerprint density at radius 3 is 3.00 bits per heavy atom. The molecule has 1 saturated heterocycles. The molecule has 1 atom stereocenters. The largest absolute Gasteiger partial charge is 0.372 e. The SMILES string of the molecule is CNc1ccc(C[C@@H]2CCNC2)nn1. The Morgan fingerprint density at radius 2 is 2.43 bits per heavy atom. The topological polar surface area (TPSA) is 49.8 Å². The van der Waals surface area contributed by atoms with Crippen molar-refractivity contribution >= 4 is 5.82 Å². The summed E-state index contributed by atoms with van der Waals surface area (Å²) < 4.78 is 0. The molecule has 76 valence electrons. The van der Waals surface area contributed by atoms with Crippen molar-refractivity contribution in [3.05, 3.63) is 17.8 Å². The van der Waals surface area contributed by atoms with Gasteiger partial charge in [0.1, 0.15) is 5.82 Å². The maximum atomic E-state index is 4.17. The van der Waals surface area contributed by atoms with Gasteiger partial charge < -0.3 is 10.6 Å². The van der Waals surface area contributed by atoms with Crippen molar-refractivity contribution in [2.45, 2.75) is 12.8 Å². The molecule has 1 aromatic heterocycles. The molecule has 0 spiro atoms. The van der Waals surface area contributed by atoms with Gasteiger partial charge in [-0.25, -0.2) is 0 Å². The van der Waals surface area contributed by atoms with Gasteiger partial charge in [0.05, 0.1) is 5.69 Å². The van der Waals surface area contributed by atoms with E-state index in [9.17, 15) is 0 Å². The highest BCUT2D eigenvalue weighted by Crippen LogP contribution is 2.13. The fraction of sp³-hybridized carbons (Fsp3) is 0.600. The van der Waals surface area contributed by atoms with Gasteiger partial charge in [-0.3, -0.25) is 0 Å². The molecule has 0 aromatic carbocycles. The van der Waals surface area contributed by atoms with Gasteiger partial charge in [-0.1, -0.05) is 0 Å². The van der Waals surface area contributed by atoms with Gasteiger partial charge in [0.2, 0.25) is 0 Å². The molecule has 14 heavy (non-hydrogen) atoms. The highest BCUT2D eigenvalue weighted by atomic mass is 15.2. The zero-order valence-electron chi connectivity index (χ0n) is 8.45. The zero-order chi connectivity index (χ0) is 9.80. The number of hydrogen-bond acceptors (Lipinski definition) is 4. The van der Waals surface area contributed by atoms with Crippen LogP contribution in [0.2, 0.25) is 0 Å². The average molecular weight is 192 g/mol. The number of hydrogen-bond donors (Lipinski definition) is 2. The first kappa shape index (κ1) is 9.40. The molecule has 0 saturated carbocycles. The van der Waals surface area contributed by atoms with Crippen molar-refractivity contribution in [2.24, 2.45) is 5.92 Å². The Balaban J connectivity index is 1.95. The Labute approximate surface area is 84.1 Å². The van der Waals surface area contributed by atoms with Crippen LogP contribution in [0.5, 0.6) is 0 Å². The van der Waals surface area contributed by atoms with Crippen molar-refractivity contribution in [1.29, 1.82) is 0 Å². The second-order valence-electron chi connectivity index (χ2n) is 3.72.